The Morgan fingerprint density at radius 3 is 2.52 bits per heavy atom. The molecule has 0 amide bonds. The normalized spacial score (nSPS) is 16.0. The summed E-state index contributed by atoms with van der Waals surface area (Å²) >= 11 is 0. The van der Waals surface area contributed by atoms with Crippen molar-refractivity contribution >= 4 is 15.5 Å². The SMILES string of the molecule is CS(=O)(=O)CCOc1cc(N2CCNCC2)c(F)cc1F. The first-order chi connectivity index (χ1) is 9.87. The summed E-state index contributed by atoms with van der Waals surface area (Å²) in [5.74, 6) is -1.83. The second kappa shape index (κ2) is 6.57. The molecule has 0 unspecified atom stereocenters. The number of halogens is 2. The van der Waals surface area contributed by atoms with Crippen LogP contribution in [0.4, 0.5) is 14.5 Å². The maximum Gasteiger partial charge on any atom is 0.168 e. The maximum atomic E-state index is 13.9. The molecule has 21 heavy (non-hydrogen) atoms. The van der Waals surface area contributed by atoms with Gasteiger partial charge in [0.2, 0.25) is 0 Å². The number of nitrogens with zero attached hydrogens (tertiary/aromatic N) is 1. The molecule has 1 N–H and O–H groups in total. The minimum Gasteiger partial charge on any atom is -0.489 e. The van der Waals surface area contributed by atoms with Crippen LogP contribution in [0.5, 0.6) is 5.75 Å². The lowest BCUT2D eigenvalue weighted by Crippen LogP contribution is -2.43. The molecule has 1 fully saturated rings. The van der Waals surface area contributed by atoms with Crippen LogP contribution < -0.4 is 15.0 Å². The van der Waals surface area contributed by atoms with Crippen molar-refractivity contribution in [3.05, 3.63) is 23.8 Å². The fraction of sp³-hybridized carbons (Fsp3) is 0.538. The van der Waals surface area contributed by atoms with Crippen molar-refractivity contribution in [2.75, 3.05) is 49.7 Å². The largest absolute Gasteiger partial charge is 0.489 e. The number of benzene rings is 1. The highest BCUT2D eigenvalue weighted by Gasteiger charge is 2.18. The molecular formula is C13H18F2N2O3S. The Hall–Kier alpha value is -1.41. The quantitative estimate of drug-likeness (QED) is 0.869. The molecule has 1 aromatic rings. The fourth-order valence-electron chi connectivity index (χ4n) is 2.08. The van der Waals surface area contributed by atoms with Gasteiger partial charge < -0.3 is 15.0 Å². The smallest absolute Gasteiger partial charge is 0.168 e. The maximum absolute atomic E-state index is 13.9. The molecule has 5 nitrogen and oxygen atoms in total. The zero-order chi connectivity index (χ0) is 15.5. The molecule has 0 aliphatic carbocycles. The van der Waals surface area contributed by atoms with Gasteiger partial charge in [0.05, 0.1) is 11.4 Å². The van der Waals surface area contributed by atoms with Gasteiger partial charge in [-0.15, -0.1) is 0 Å². The van der Waals surface area contributed by atoms with Gasteiger partial charge in [0.25, 0.3) is 0 Å². The monoisotopic (exact) mass is 320 g/mol. The molecule has 2 rings (SSSR count). The van der Waals surface area contributed by atoms with Crippen molar-refractivity contribution in [2.45, 2.75) is 0 Å². The first-order valence-corrected chi connectivity index (χ1v) is 8.68. The van der Waals surface area contributed by atoms with E-state index in [1.54, 1.807) is 4.90 Å². The lowest BCUT2D eigenvalue weighted by atomic mass is 10.2. The zero-order valence-corrected chi connectivity index (χ0v) is 12.5. The van der Waals surface area contributed by atoms with Crippen LogP contribution in [0.25, 0.3) is 0 Å². The van der Waals surface area contributed by atoms with Crippen molar-refractivity contribution in [1.29, 1.82) is 0 Å². The van der Waals surface area contributed by atoms with Crippen molar-refractivity contribution in [2.24, 2.45) is 0 Å². The Morgan fingerprint density at radius 2 is 1.90 bits per heavy atom. The van der Waals surface area contributed by atoms with E-state index in [-0.39, 0.29) is 23.8 Å². The van der Waals surface area contributed by atoms with Gasteiger partial charge in [-0.05, 0) is 0 Å². The van der Waals surface area contributed by atoms with Gasteiger partial charge in [-0.3, -0.25) is 0 Å². The molecule has 8 heteroatoms. The third-order valence-corrected chi connectivity index (χ3v) is 4.08. The van der Waals surface area contributed by atoms with Gasteiger partial charge in [0.1, 0.15) is 12.4 Å². The number of nitrogens with one attached hydrogen (secondary N) is 1. The Kier molecular flexibility index (Phi) is 5.00. The van der Waals surface area contributed by atoms with Crippen LogP contribution in [-0.4, -0.2) is 53.2 Å². The van der Waals surface area contributed by atoms with E-state index >= 15 is 0 Å². The Bertz CT molecular complexity index is 602. The number of sulfone groups is 1. The minimum atomic E-state index is -3.19. The molecule has 1 saturated heterocycles. The number of ether oxygens (including phenoxy) is 1. The van der Waals surface area contributed by atoms with Crippen LogP contribution in [0.3, 0.4) is 0 Å². The number of hydrogen-bond donors (Lipinski definition) is 1. The topological polar surface area (TPSA) is 58.6 Å². The van der Waals surface area contributed by atoms with E-state index in [1.165, 1.54) is 6.07 Å². The molecule has 0 radical (unpaired) electrons. The summed E-state index contributed by atoms with van der Waals surface area (Å²) in [6.45, 7) is 2.52. The Balaban J connectivity index is 2.13. The number of rotatable bonds is 5. The van der Waals surface area contributed by atoms with Crippen LogP contribution in [0.2, 0.25) is 0 Å². The summed E-state index contributed by atoms with van der Waals surface area (Å²) in [5, 5.41) is 3.14. The van der Waals surface area contributed by atoms with E-state index in [0.717, 1.165) is 25.4 Å². The van der Waals surface area contributed by atoms with Crippen LogP contribution in [0.15, 0.2) is 12.1 Å². The average molecular weight is 320 g/mol. The van der Waals surface area contributed by atoms with Crippen LogP contribution in [0.1, 0.15) is 0 Å². The first kappa shape index (κ1) is 16.0. The average Bonchev–Trinajstić information content (AvgIpc) is 2.41. The molecular weight excluding hydrogens is 302 g/mol. The summed E-state index contributed by atoms with van der Waals surface area (Å²) in [6, 6.07) is 2.06. The third-order valence-electron chi connectivity index (χ3n) is 3.17. The molecule has 118 valence electrons. The molecule has 0 atom stereocenters. The van der Waals surface area contributed by atoms with Crippen molar-refractivity contribution in [3.8, 4) is 5.75 Å². The van der Waals surface area contributed by atoms with Gasteiger partial charge in [-0.25, -0.2) is 17.2 Å². The summed E-state index contributed by atoms with van der Waals surface area (Å²) < 4.78 is 54.7. The highest BCUT2D eigenvalue weighted by atomic mass is 32.2. The van der Waals surface area contributed by atoms with Gasteiger partial charge in [0, 0.05) is 44.6 Å². The summed E-state index contributed by atoms with van der Waals surface area (Å²) in [6.07, 6.45) is 1.07. The van der Waals surface area contributed by atoms with E-state index in [0.29, 0.717) is 13.1 Å². The lowest BCUT2D eigenvalue weighted by molar-refractivity contribution is 0.321. The van der Waals surface area contributed by atoms with E-state index in [2.05, 4.69) is 5.32 Å². The summed E-state index contributed by atoms with van der Waals surface area (Å²) in [7, 11) is -3.19. The van der Waals surface area contributed by atoms with Crippen molar-refractivity contribution < 1.29 is 21.9 Å². The first-order valence-electron chi connectivity index (χ1n) is 6.62. The molecule has 1 aliphatic rings. The second-order valence-electron chi connectivity index (χ2n) is 4.95. The highest BCUT2D eigenvalue weighted by Crippen LogP contribution is 2.28. The molecule has 1 heterocycles. The van der Waals surface area contributed by atoms with E-state index in [4.69, 9.17) is 4.74 Å². The summed E-state index contributed by atoms with van der Waals surface area (Å²) in [5.41, 5.74) is 0.271. The van der Waals surface area contributed by atoms with Gasteiger partial charge >= 0.3 is 0 Å². The van der Waals surface area contributed by atoms with Gasteiger partial charge in [0.15, 0.2) is 21.4 Å². The summed E-state index contributed by atoms with van der Waals surface area (Å²) in [4.78, 5) is 1.80. The number of anilines is 1. The fourth-order valence-corrected chi connectivity index (χ4v) is 2.47. The van der Waals surface area contributed by atoms with E-state index in [1.807, 2.05) is 0 Å². The Labute approximate surface area is 122 Å². The highest BCUT2D eigenvalue weighted by molar-refractivity contribution is 7.90. The Morgan fingerprint density at radius 1 is 1.24 bits per heavy atom. The lowest BCUT2D eigenvalue weighted by Gasteiger charge is -2.30. The van der Waals surface area contributed by atoms with Crippen molar-refractivity contribution in [1.82, 2.24) is 5.32 Å². The third kappa shape index (κ3) is 4.53. The predicted octanol–water partition coefficient (Wildman–Crippen LogP) is 0.798. The van der Waals surface area contributed by atoms with Gasteiger partial charge in [-0.2, -0.15) is 0 Å². The standard InChI is InChI=1S/C13H18F2N2O3S/c1-21(18,19)7-6-20-13-9-12(10(14)8-11(13)15)17-4-2-16-3-5-17/h8-9,16H,2-7H2,1H3. The molecule has 1 aromatic carbocycles. The molecule has 1 aliphatic heterocycles. The van der Waals surface area contributed by atoms with Crippen LogP contribution in [-0.2, 0) is 9.84 Å². The molecule has 0 saturated carbocycles. The van der Waals surface area contributed by atoms with Crippen LogP contribution >= 0.6 is 0 Å². The molecule has 0 bridgehead atoms. The van der Waals surface area contributed by atoms with Crippen LogP contribution in [0, 0.1) is 11.6 Å². The second-order valence-corrected chi connectivity index (χ2v) is 7.21. The molecule has 0 aromatic heterocycles. The van der Waals surface area contributed by atoms with E-state index in [9.17, 15) is 17.2 Å². The predicted molar refractivity (Wildman–Crippen MR) is 76.6 cm³/mol. The minimum absolute atomic E-state index is 0.131. The number of hydrogen-bond acceptors (Lipinski definition) is 5. The van der Waals surface area contributed by atoms with Gasteiger partial charge in [-0.1, -0.05) is 0 Å². The van der Waals surface area contributed by atoms with E-state index < -0.39 is 21.5 Å². The zero-order valence-electron chi connectivity index (χ0n) is 11.7. The molecule has 0 spiro atoms. The number of piperazine rings is 1. The van der Waals surface area contributed by atoms with Crippen molar-refractivity contribution in [3.63, 3.8) is 0 Å².